The van der Waals surface area contributed by atoms with E-state index in [0.29, 0.717) is 0 Å². The molecule has 4 nitrogen and oxygen atoms in total. The van der Waals surface area contributed by atoms with Crippen LogP contribution in [0.1, 0.15) is 52.4 Å². The highest BCUT2D eigenvalue weighted by atomic mass is 16.5. The maximum Gasteiger partial charge on any atom is 0.190 e. The predicted molar refractivity (Wildman–Crippen MR) is 79.2 cm³/mol. The number of hydrogen-bond acceptors (Lipinski definition) is 2. The molecule has 0 saturated heterocycles. The highest BCUT2D eigenvalue weighted by Crippen LogP contribution is 1.96. The fourth-order valence-corrected chi connectivity index (χ4v) is 1.66. The van der Waals surface area contributed by atoms with Gasteiger partial charge in [0.15, 0.2) is 5.96 Å². The van der Waals surface area contributed by atoms with Gasteiger partial charge in [-0.1, -0.05) is 26.2 Å². The second-order valence-corrected chi connectivity index (χ2v) is 4.39. The van der Waals surface area contributed by atoms with E-state index < -0.39 is 0 Å². The number of aliphatic imine (C=N–C) groups is 1. The lowest BCUT2D eigenvalue weighted by Crippen LogP contribution is -2.38. The second-order valence-electron chi connectivity index (χ2n) is 4.39. The molecule has 4 heteroatoms. The van der Waals surface area contributed by atoms with Crippen molar-refractivity contribution in [3.8, 4) is 0 Å². The summed E-state index contributed by atoms with van der Waals surface area (Å²) in [6.07, 6.45) is 7.36. The molecule has 0 aromatic heterocycles. The molecular weight excluding hydrogens is 226 g/mol. The molecule has 0 aromatic carbocycles. The van der Waals surface area contributed by atoms with Crippen molar-refractivity contribution in [2.75, 3.05) is 33.4 Å². The summed E-state index contributed by atoms with van der Waals surface area (Å²) in [7, 11) is 1.82. The van der Waals surface area contributed by atoms with E-state index in [-0.39, 0.29) is 0 Å². The summed E-state index contributed by atoms with van der Waals surface area (Å²) < 4.78 is 5.30. The fourth-order valence-electron chi connectivity index (χ4n) is 1.66. The van der Waals surface area contributed by atoms with Gasteiger partial charge >= 0.3 is 0 Å². The molecule has 0 unspecified atom stereocenters. The van der Waals surface area contributed by atoms with Crippen molar-refractivity contribution in [3.63, 3.8) is 0 Å². The van der Waals surface area contributed by atoms with Gasteiger partial charge in [0.2, 0.25) is 0 Å². The Morgan fingerprint density at radius 2 is 1.61 bits per heavy atom. The van der Waals surface area contributed by atoms with Crippen LogP contribution in [0.4, 0.5) is 0 Å². The topological polar surface area (TPSA) is 45.7 Å². The molecule has 0 rings (SSSR count). The second kappa shape index (κ2) is 14.3. The summed E-state index contributed by atoms with van der Waals surface area (Å²) in [4.78, 5) is 4.20. The van der Waals surface area contributed by atoms with Gasteiger partial charge in [-0.3, -0.25) is 4.99 Å². The Kier molecular flexibility index (Phi) is 13.7. The number of hydrogen-bond donors (Lipinski definition) is 2. The molecule has 0 aliphatic carbocycles. The molecule has 0 atom stereocenters. The van der Waals surface area contributed by atoms with Gasteiger partial charge < -0.3 is 15.4 Å². The average molecular weight is 257 g/mol. The Morgan fingerprint density at radius 3 is 2.17 bits per heavy atom. The smallest absolute Gasteiger partial charge is 0.190 e. The first-order valence-corrected chi connectivity index (χ1v) is 7.37. The SMILES string of the molecule is CCCCCCNC(=NC)NCCCCOCC. The number of ether oxygens (including phenoxy) is 1. The first-order chi connectivity index (χ1) is 8.85. The monoisotopic (exact) mass is 257 g/mol. The molecule has 0 radical (unpaired) electrons. The number of rotatable bonds is 11. The summed E-state index contributed by atoms with van der Waals surface area (Å²) in [5.41, 5.74) is 0. The Hall–Kier alpha value is -0.770. The third kappa shape index (κ3) is 11.7. The minimum absolute atomic E-state index is 0.814. The van der Waals surface area contributed by atoms with Gasteiger partial charge in [-0.05, 0) is 26.2 Å². The summed E-state index contributed by atoms with van der Waals surface area (Å²) in [6.45, 7) is 7.91. The summed E-state index contributed by atoms with van der Waals surface area (Å²) in [5, 5.41) is 6.66. The minimum Gasteiger partial charge on any atom is -0.382 e. The Balaban J connectivity index is 3.36. The van der Waals surface area contributed by atoms with Crippen molar-refractivity contribution < 1.29 is 4.74 Å². The molecule has 0 aliphatic rings. The third-order valence-electron chi connectivity index (χ3n) is 2.76. The van der Waals surface area contributed by atoms with Gasteiger partial charge in [0.1, 0.15) is 0 Å². The zero-order valence-corrected chi connectivity index (χ0v) is 12.4. The molecule has 0 bridgehead atoms. The van der Waals surface area contributed by atoms with Crippen molar-refractivity contribution in [3.05, 3.63) is 0 Å². The van der Waals surface area contributed by atoms with Crippen LogP contribution in [0.3, 0.4) is 0 Å². The number of guanidine groups is 1. The molecule has 0 aliphatic heterocycles. The Morgan fingerprint density at radius 1 is 0.944 bits per heavy atom. The van der Waals surface area contributed by atoms with Crippen molar-refractivity contribution >= 4 is 5.96 Å². The molecule has 0 saturated carbocycles. The van der Waals surface area contributed by atoms with Crippen molar-refractivity contribution in [2.24, 2.45) is 4.99 Å². The lowest BCUT2D eigenvalue weighted by molar-refractivity contribution is 0.143. The highest BCUT2D eigenvalue weighted by molar-refractivity contribution is 5.79. The van der Waals surface area contributed by atoms with E-state index in [1.54, 1.807) is 0 Å². The van der Waals surface area contributed by atoms with Crippen LogP contribution >= 0.6 is 0 Å². The molecule has 0 amide bonds. The molecule has 18 heavy (non-hydrogen) atoms. The highest BCUT2D eigenvalue weighted by Gasteiger charge is 1.96. The van der Waals surface area contributed by atoms with E-state index in [0.717, 1.165) is 45.1 Å². The van der Waals surface area contributed by atoms with E-state index >= 15 is 0 Å². The van der Waals surface area contributed by atoms with Gasteiger partial charge in [0.05, 0.1) is 0 Å². The van der Waals surface area contributed by atoms with Crippen LogP contribution in [0.25, 0.3) is 0 Å². The molecule has 0 aromatic rings. The van der Waals surface area contributed by atoms with Crippen LogP contribution in [0.15, 0.2) is 4.99 Å². The van der Waals surface area contributed by atoms with E-state index in [9.17, 15) is 0 Å². The predicted octanol–water partition coefficient (Wildman–Crippen LogP) is 2.55. The summed E-state index contributed by atoms with van der Waals surface area (Å²) >= 11 is 0. The maximum absolute atomic E-state index is 5.30. The van der Waals surface area contributed by atoms with Gasteiger partial charge in [-0.15, -0.1) is 0 Å². The molecular formula is C14H31N3O. The van der Waals surface area contributed by atoms with Crippen LogP contribution in [-0.4, -0.2) is 39.3 Å². The summed E-state index contributed by atoms with van der Waals surface area (Å²) in [5.74, 6) is 0.919. The van der Waals surface area contributed by atoms with Crippen LogP contribution in [0.5, 0.6) is 0 Å². The van der Waals surface area contributed by atoms with E-state index in [2.05, 4.69) is 22.5 Å². The molecule has 0 fully saturated rings. The lowest BCUT2D eigenvalue weighted by atomic mass is 10.2. The van der Waals surface area contributed by atoms with Crippen LogP contribution in [0, 0.1) is 0 Å². The van der Waals surface area contributed by atoms with Crippen LogP contribution in [-0.2, 0) is 4.74 Å². The normalized spacial score (nSPS) is 11.6. The standard InChI is InChI=1S/C14H31N3O/c1-4-6-7-8-11-16-14(15-3)17-12-9-10-13-18-5-2/h4-13H2,1-3H3,(H2,15,16,17). The minimum atomic E-state index is 0.814. The van der Waals surface area contributed by atoms with Gasteiger partial charge in [0, 0.05) is 33.4 Å². The fraction of sp³-hybridized carbons (Fsp3) is 0.929. The van der Waals surface area contributed by atoms with E-state index in [4.69, 9.17) is 4.74 Å². The summed E-state index contributed by atoms with van der Waals surface area (Å²) in [6, 6.07) is 0. The maximum atomic E-state index is 5.30. The number of nitrogens with zero attached hydrogens (tertiary/aromatic N) is 1. The third-order valence-corrected chi connectivity index (χ3v) is 2.76. The number of nitrogens with one attached hydrogen (secondary N) is 2. The first-order valence-electron chi connectivity index (χ1n) is 7.37. The Bertz CT molecular complexity index is 195. The molecule has 0 heterocycles. The zero-order valence-electron chi connectivity index (χ0n) is 12.4. The van der Waals surface area contributed by atoms with Crippen LogP contribution in [0.2, 0.25) is 0 Å². The van der Waals surface area contributed by atoms with Crippen molar-refractivity contribution in [2.45, 2.75) is 52.4 Å². The largest absolute Gasteiger partial charge is 0.382 e. The van der Waals surface area contributed by atoms with Crippen molar-refractivity contribution in [1.29, 1.82) is 0 Å². The molecule has 108 valence electrons. The Labute approximate surface area is 113 Å². The average Bonchev–Trinajstić information content (AvgIpc) is 2.40. The van der Waals surface area contributed by atoms with E-state index in [1.165, 1.54) is 25.7 Å². The van der Waals surface area contributed by atoms with Gasteiger partial charge in [-0.25, -0.2) is 0 Å². The molecule has 0 spiro atoms. The lowest BCUT2D eigenvalue weighted by Gasteiger charge is -2.11. The number of unbranched alkanes of at least 4 members (excludes halogenated alkanes) is 4. The van der Waals surface area contributed by atoms with Crippen LogP contribution < -0.4 is 10.6 Å². The van der Waals surface area contributed by atoms with Gasteiger partial charge in [0.25, 0.3) is 0 Å². The van der Waals surface area contributed by atoms with Crippen molar-refractivity contribution in [1.82, 2.24) is 10.6 Å². The first kappa shape index (κ1) is 17.2. The van der Waals surface area contributed by atoms with Gasteiger partial charge in [-0.2, -0.15) is 0 Å². The van der Waals surface area contributed by atoms with E-state index in [1.807, 2.05) is 14.0 Å². The quantitative estimate of drug-likeness (QED) is 0.340. The zero-order chi connectivity index (χ0) is 13.5. The molecule has 2 N–H and O–H groups in total.